The summed E-state index contributed by atoms with van der Waals surface area (Å²) >= 11 is 0. The third-order valence-electron chi connectivity index (χ3n) is 4.74. The van der Waals surface area contributed by atoms with Crippen LogP contribution in [-0.2, 0) is 19.4 Å². The maximum absolute atomic E-state index is 12.4. The number of fused-ring (bicyclic) bond motifs is 1. The summed E-state index contributed by atoms with van der Waals surface area (Å²) in [5.74, 6) is 1.56. The van der Waals surface area contributed by atoms with Gasteiger partial charge in [0.1, 0.15) is 17.3 Å². The smallest absolute Gasteiger partial charge is 0.293 e. The van der Waals surface area contributed by atoms with Crippen LogP contribution in [0, 0.1) is 10.1 Å². The van der Waals surface area contributed by atoms with Crippen LogP contribution in [0.3, 0.4) is 0 Å². The van der Waals surface area contributed by atoms with E-state index in [-0.39, 0.29) is 17.2 Å². The van der Waals surface area contributed by atoms with E-state index in [0.717, 1.165) is 37.5 Å². The van der Waals surface area contributed by atoms with Gasteiger partial charge in [-0.25, -0.2) is 0 Å². The van der Waals surface area contributed by atoms with E-state index >= 15 is 0 Å². The molecule has 0 aliphatic carbocycles. The second kappa shape index (κ2) is 8.15. The fraction of sp³-hybridized carbons (Fsp3) is 0.500. The quantitative estimate of drug-likeness (QED) is 0.614. The molecule has 0 saturated heterocycles. The fourth-order valence-corrected chi connectivity index (χ4v) is 3.31. The molecule has 0 bridgehead atoms. The average molecular weight is 372 g/mol. The van der Waals surface area contributed by atoms with Crippen LogP contribution >= 0.6 is 0 Å². The predicted octanol–water partition coefficient (Wildman–Crippen LogP) is 1.95. The summed E-state index contributed by atoms with van der Waals surface area (Å²) in [6.45, 7) is 1.32. The van der Waals surface area contributed by atoms with Gasteiger partial charge in [0, 0.05) is 51.7 Å². The van der Waals surface area contributed by atoms with Crippen molar-refractivity contribution < 1.29 is 9.72 Å². The van der Waals surface area contributed by atoms with Gasteiger partial charge in [-0.15, -0.1) is 10.2 Å². The van der Waals surface area contributed by atoms with Gasteiger partial charge in [0.05, 0.1) is 4.92 Å². The number of carbonyl (C=O) groups excluding carboxylic acids is 1. The lowest BCUT2D eigenvalue weighted by Gasteiger charge is -2.13. The number of aryl methyl sites for hydroxylation is 1. The van der Waals surface area contributed by atoms with Crippen molar-refractivity contribution in [2.75, 3.05) is 25.5 Å². The molecule has 2 heterocycles. The molecule has 1 aliphatic heterocycles. The first-order valence-electron chi connectivity index (χ1n) is 9.12. The van der Waals surface area contributed by atoms with Crippen molar-refractivity contribution >= 4 is 17.3 Å². The summed E-state index contributed by atoms with van der Waals surface area (Å²) in [5, 5.41) is 22.6. The molecule has 3 rings (SSSR count). The molecule has 27 heavy (non-hydrogen) atoms. The van der Waals surface area contributed by atoms with Crippen molar-refractivity contribution in [3.05, 3.63) is 45.5 Å². The molecule has 0 saturated carbocycles. The van der Waals surface area contributed by atoms with Crippen LogP contribution in [0.4, 0.5) is 11.4 Å². The highest BCUT2D eigenvalue weighted by Crippen LogP contribution is 2.27. The molecule has 0 atom stereocenters. The first-order valence-corrected chi connectivity index (χ1v) is 9.12. The number of hydrogen-bond acceptors (Lipinski definition) is 6. The highest BCUT2D eigenvalue weighted by atomic mass is 16.6. The molecule has 0 fully saturated rings. The van der Waals surface area contributed by atoms with Crippen LogP contribution in [0.5, 0.6) is 0 Å². The first kappa shape index (κ1) is 18.8. The number of anilines is 1. The summed E-state index contributed by atoms with van der Waals surface area (Å²) in [6.07, 6.45) is 4.97. The Kier molecular flexibility index (Phi) is 5.68. The lowest BCUT2D eigenvalue weighted by Crippen LogP contribution is -2.27. The minimum absolute atomic E-state index is 0.0876. The monoisotopic (exact) mass is 372 g/mol. The first-order chi connectivity index (χ1) is 13.0. The van der Waals surface area contributed by atoms with Crippen LogP contribution in [-0.4, -0.2) is 46.2 Å². The molecule has 144 valence electrons. The number of nitro groups is 1. The van der Waals surface area contributed by atoms with Gasteiger partial charge in [-0.3, -0.25) is 14.9 Å². The zero-order valence-corrected chi connectivity index (χ0v) is 15.6. The molecule has 1 aromatic carbocycles. The number of nitrogens with zero attached hydrogens (tertiary/aromatic N) is 5. The van der Waals surface area contributed by atoms with E-state index in [1.807, 2.05) is 0 Å². The molecule has 9 heteroatoms. The van der Waals surface area contributed by atoms with Crippen molar-refractivity contribution in [2.45, 2.75) is 38.6 Å². The van der Waals surface area contributed by atoms with Crippen molar-refractivity contribution in [1.82, 2.24) is 20.1 Å². The number of benzene rings is 1. The van der Waals surface area contributed by atoms with Crippen LogP contribution in [0.25, 0.3) is 0 Å². The normalized spacial score (nSPS) is 13.6. The minimum atomic E-state index is -0.475. The van der Waals surface area contributed by atoms with Gasteiger partial charge in [0.2, 0.25) is 0 Å². The van der Waals surface area contributed by atoms with E-state index in [2.05, 4.69) is 20.1 Å². The molecule has 1 aromatic heterocycles. The van der Waals surface area contributed by atoms with E-state index in [1.165, 1.54) is 12.5 Å². The zero-order valence-electron chi connectivity index (χ0n) is 15.6. The van der Waals surface area contributed by atoms with Crippen LogP contribution in [0.2, 0.25) is 0 Å². The number of nitro benzene ring substituents is 1. The number of hydrogen-bond donors (Lipinski definition) is 1. The van der Waals surface area contributed by atoms with Crippen molar-refractivity contribution in [3.63, 3.8) is 0 Å². The predicted molar refractivity (Wildman–Crippen MR) is 101 cm³/mol. The average Bonchev–Trinajstić information content (AvgIpc) is 2.87. The molecule has 1 N–H and O–H groups in total. The van der Waals surface area contributed by atoms with Gasteiger partial charge in [0.15, 0.2) is 0 Å². The maximum atomic E-state index is 12.4. The van der Waals surface area contributed by atoms with Crippen LogP contribution < -0.4 is 10.2 Å². The van der Waals surface area contributed by atoms with Gasteiger partial charge < -0.3 is 14.8 Å². The second-order valence-electron chi connectivity index (χ2n) is 6.86. The third-order valence-corrected chi connectivity index (χ3v) is 4.74. The van der Waals surface area contributed by atoms with E-state index in [4.69, 9.17) is 0 Å². The van der Waals surface area contributed by atoms with Gasteiger partial charge in [-0.05, 0) is 25.0 Å². The van der Waals surface area contributed by atoms with E-state index in [1.54, 1.807) is 31.1 Å². The molecule has 1 aliphatic rings. The van der Waals surface area contributed by atoms with E-state index in [0.29, 0.717) is 18.7 Å². The summed E-state index contributed by atoms with van der Waals surface area (Å²) in [7, 11) is 3.45. The number of rotatable bonds is 6. The van der Waals surface area contributed by atoms with Crippen molar-refractivity contribution in [2.24, 2.45) is 0 Å². The van der Waals surface area contributed by atoms with Gasteiger partial charge >= 0.3 is 0 Å². The van der Waals surface area contributed by atoms with E-state index < -0.39 is 4.92 Å². The van der Waals surface area contributed by atoms with Crippen LogP contribution in [0.1, 0.15) is 41.3 Å². The second-order valence-corrected chi connectivity index (χ2v) is 6.86. The molecule has 1 amide bonds. The summed E-state index contributed by atoms with van der Waals surface area (Å²) in [4.78, 5) is 24.8. The Labute approximate surface area is 157 Å². The van der Waals surface area contributed by atoms with Gasteiger partial charge in [-0.1, -0.05) is 6.42 Å². The highest BCUT2D eigenvalue weighted by Gasteiger charge is 2.19. The molecule has 2 aromatic rings. The fourth-order valence-electron chi connectivity index (χ4n) is 3.31. The van der Waals surface area contributed by atoms with Crippen LogP contribution in [0.15, 0.2) is 18.2 Å². The van der Waals surface area contributed by atoms with Crippen molar-refractivity contribution in [1.29, 1.82) is 0 Å². The molecule has 9 nitrogen and oxygen atoms in total. The topological polar surface area (TPSA) is 106 Å². The van der Waals surface area contributed by atoms with Gasteiger partial charge in [0.25, 0.3) is 11.6 Å². The third kappa shape index (κ3) is 4.24. The maximum Gasteiger partial charge on any atom is 0.293 e. The summed E-state index contributed by atoms with van der Waals surface area (Å²) in [6, 6.07) is 4.50. The van der Waals surface area contributed by atoms with Gasteiger partial charge in [-0.2, -0.15) is 0 Å². The largest absolute Gasteiger partial charge is 0.372 e. The summed E-state index contributed by atoms with van der Waals surface area (Å²) < 4.78 is 2.15. The Hall–Kier alpha value is -2.97. The zero-order chi connectivity index (χ0) is 19.4. The molecule has 0 spiro atoms. The van der Waals surface area contributed by atoms with Crippen molar-refractivity contribution in [3.8, 4) is 0 Å². The molecular weight excluding hydrogens is 348 g/mol. The molecule has 0 radical (unpaired) electrons. The number of carbonyl (C=O) groups is 1. The Morgan fingerprint density at radius 3 is 2.85 bits per heavy atom. The Morgan fingerprint density at radius 2 is 2.11 bits per heavy atom. The SMILES string of the molecule is CN(C)c1ccc(C(=O)NCCc2nnc3n2CCCCC3)cc1[N+](=O)[O-]. The lowest BCUT2D eigenvalue weighted by molar-refractivity contribution is -0.384. The minimum Gasteiger partial charge on any atom is -0.372 e. The van der Waals surface area contributed by atoms with E-state index in [9.17, 15) is 14.9 Å². The number of amides is 1. The number of nitrogens with one attached hydrogen (secondary N) is 1. The standard InChI is InChI=1S/C18H24N6O3/c1-22(2)14-8-7-13(12-15(14)24(26)27)18(25)19-10-9-17-21-20-16-6-4-3-5-11-23(16)17/h7-8,12H,3-6,9-11H2,1-2H3,(H,19,25). The molecular formula is C18H24N6O3. The Morgan fingerprint density at radius 1 is 1.30 bits per heavy atom. The Balaban J connectivity index is 1.64. The summed E-state index contributed by atoms with van der Waals surface area (Å²) in [5.41, 5.74) is 0.644. The molecule has 0 unspecified atom stereocenters. The number of aromatic nitrogens is 3. The lowest BCUT2D eigenvalue weighted by atomic mass is 10.1. The highest BCUT2D eigenvalue weighted by molar-refractivity contribution is 5.95. The Bertz CT molecular complexity index is 846.